The molecule has 208 valence electrons. The number of aromatic nitrogens is 3. The fraction of sp³-hybridized carbons (Fsp3) is 0.241. The summed E-state index contributed by atoms with van der Waals surface area (Å²) in [5.41, 5.74) is 5.60. The van der Waals surface area contributed by atoms with E-state index < -0.39 is 0 Å². The first kappa shape index (κ1) is 29.0. The summed E-state index contributed by atoms with van der Waals surface area (Å²) >= 11 is 7.31. The third-order valence-electron chi connectivity index (χ3n) is 6.01. The maximum atomic E-state index is 12.6. The summed E-state index contributed by atoms with van der Waals surface area (Å²) in [5.74, 6) is 1.20. The van der Waals surface area contributed by atoms with Gasteiger partial charge in [0.25, 0.3) is 5.91 Å². The Morgan fingerprint density at radius 2 is 1.80 bits per heavy atom. The van der Waals surface area contributed by atoms with E-state index in [1.807, 2.05) is 54.0 Å². The summed E-state index contributed by atoms with van der Waals surface area (Å²) in [6, 6.07) is 20.3. The van der Waals surface area contributed by atoms with Crippen LogP contribution in [0.2, 0.25) is 5.02 Å². The molecule has 4 rings (SSSR count). The highest BCUT2D eigenvalue weighted by Gasteiger charge is 2.17. The second kappa shape index (κ2) is 13.9. The van der Waals surface area contributed by atoms with Gasteiger partial charge in [-0.3, -0.25) is 9.36 Å². The van der Waals surface area contributed by atoms with E-state index in [0.717, 1.165) is 35.8 Å². The molecule has 0 atom stereocenters. The van der Waals surface area contributed by atoms with Crippen molar-refractivity contribution in [2.75, 3.05) is 30.3 Å². The number of rotatable bonds is 12. The Morgan fingerprint density at radius 3 is 2.45 bits per heavy atom. The number of phenols is 1. The van der Waals surface area contributed by atoms with Crippen LogP contribution in [0, 0.1) is 0 Å². The van der Waals surface area contributed by atoms with Gasteiger partial charge in [0.2, 0.25) is 0 Å². The summed E-state index contributed by atoms with van der Waals surface area (Å²) in [7, 11) is 0. The number of hydrogen-bond acceptors (Lipinski definition) is 8. The third-order valence-corrected chi connectivity index (χ3v) is 7.19. The molecule has 40 heavy (non-hydrogen) atoms. The Bertz CT molecular complexity index is 1450. The van der Waals surface area contributed by atoms with E-state index in [2.05, 4.69) is 39.5 Å². The second-order valence-electron chi connectivity index (χ2n) is 8.57. The number of hydrazone groups is 1. The molecule has 0 aliphatic carbocycles. The van der Waals surface area contributed by atoms with Crippen LogP contribution in [-0.2, 0) is 4.79 Å². The van der Waals surface area contributed by atoms with Crippen LogP contribution in [0.5, 0.6) is 11.5 Å². The Morgan fingerprint density at radius 1 is 1.07 bits per heavy atom. The quantitative estimate of drug-likeness (QED) is 0.125. The largest absolute Gasteiger partial charge is 0.507 e. The zero-order chi connectivity index (χ0) is 28.5. The van der Waals surface area contributed by atoms with Crippen molar-refractivity contribution in [1.82, 2.24) is 20.2 Å². The lowest BCUT2D eigenvalue weighted by molar-refractivity contribution is -0.118. The van der Waals surface area contributed by atoms with Crippen molar-refractivity contribution < 1.29 is 14.6 Å². The molecule has 1 amide bonds. The number of halogens is 1. The van der Waals surface area contributed by atoms with Crippen LogP contribution < -0.4 is 15.1 Å². The lowest BCUT2D eigenvalue weighted by Gasteiger charge is -2.21. The highest BCUT2D eigenvalue weighted by Crippen LogP contribution is 2.30. The van der Waals surface area contributed by atoms with Crippen LogP contribution in [0.4, 0.5) is 5.69 Å². The molecular weight excluding hydrogens is 548 g/mol. The van der Waals surface area contributed by atoms with Gasteiger partial charge in [-0.05, 0) is 81.4 Å². The molecule has 2 N–H and O–H groups in total. The van der Waals surface area contributed by atoms with Gasteiger partial charge in [0.05, 0.1) is 18.6 Å². The predicted octanol–water partition coefficient (Wildman–Crippen LogP) is 5.78. The van der Waals surface area contributed by atoms with Crippen molar-refractivity contribution in [2.45, 2.75) is 25.9 Å². The topological polar surface area (TPSA) is 105 Å². The number of phenolic OH excluding ortho intramolecular Hbond substituents is 1. The molecule has 0 unspecified atom stereocenters. The SMILES string of the molecule is CCOc1ccc(-n2c(SCC(=O)N/N=C/c3ccc(N(CC)CC)cc3O)nnc2-c2ccc(Cl)cc2)cc1. The average Bonchev–Trinajstić information content (AvgIpc) is 3.38. The minimum atomic E-state index is -0.324. The first-order valence-electron chi connectivity index (χ1n) is 12.9. The van der Waals surface area contributed by atoms with Gasteiger partial charge in [-0.1, -0.05) is 23.4 Å². The van der Waals surface area contributed by atoms with Gasteiger partial charge in [-0.2, -0.15) is 5.10 Å². The lowest BCUT2D eigenvalue weighted by atomic mass is 10.2. The number of amides is 1. The number of thioether (sulfide) groups is 1. The van der Waals surface area contributed by atoms with Crippen molar-refractivity contribution in [3.63, 3.8) is 0 Å². The minimum absolute atomic E-state index is 0.0556. The summed E-state index contributed by atoms with van der Waals surface area (Å²) in [5, 5.41) is 24.3. The minimum Gasteiger partial charge on any atom is -0.507 e. The number of nitrogens with zero attached hydrogens (tertiary/aromatic N) is 5. The van der Waals surface area contributed by atoms with Crippen LogP contribution in [0.1, 0.15) is 26.3 Å². The first-order chi connectivity index (χ1) is 19.4. The van der Waals surface area contributed by atoms with Crippen LogP contribution in [0.15, 0.2) is 77.0 Å². The summed E-state index contributed by atoms with van der Waals surface area (Å²) in [4.78, 5) is 14.7. The molecule has 0 aliphatic heterocycles. The number of carbonyl (C=O) groups excluding carboxylic acids is 1. The van der Waals surface area contributed by atoms with E-state index >= 15 is 0 Å². The Balaban J connectivity index is 1.47. The molecule has 4 aromatic rings. The zero-order valence-electron chi connectivity index (χ0n) is 22.5. The Kier molecular flexibility index (Phi) is 10.0. The summed E-state index contributed by atoms with van der Waals surface area (Å²) < 4.78 is 7.46. The third kappa shape index (κ3) is 7.13. The van der Waals surface area contributed by atoms with Gasteiger partial charge in [0.1, 0.15) is 11.5 Å². The van der Waals surface area contributed by atoms with Crippen molar-refractivity contribution in [2.24, 2.45) is 5.10 Å². The van der Waals surface area contributed by atoms with Gasteiger partial charge in [-0.25, -0.2) is 5.43 Å². The lowest BCUT2D eigenvalue weighted by Crippen LogP contribution is -2.21. The molecule has 11 heteroatoms. The highest BCUT2D eigenvalue weighted by atomic mass is 35.5. The van der Waals surface area contributed by atoms with Gasteiger partial charge in [0.15, 0.2) is 11.0 Å². The number of benzene rings is 3. The van der Waals surface area contributed by atoms with E-state index in [9.17, 15) is 9.90 Å². The number of anilines is 1. The van der Waals surface area contributed by atoms with Crippen LogP contribution >= 0.6 is 23.4 Å². The molecule has 0 saturated heterocycles. The van der Waals surface area contributed by atoms with E-state index in [0.29, 0.717) is 28.2 Å². The summed E-state index contributed by atoms with van der Waals surface area (Å²) in [6.45, 7) is 8.30. The smallest absolute Gasteiger partial charge is 0.250 e. The number of aromatic hydroxyl groups is 1. The summed E-state index contributed by atoms with van der Waals surface area (Å²) in [6.07, 6.45) is 1.42. The van der Waals surface area contributed by atoms with Gasteiger partial charge in [-0.15, -0.1) is 10.2 Å². The molecule has 0 radical (unpaired) electrons. The van der Waals surface area contributed by atoms with E-state index in [4.69, 9.17) is 16.3 Å². The fourth-order valence-electron chi connectivity index (χ4n) is 4.00. The molecule has 3 aromatic carbocycles. The van der Waals surface area contributed by atoms with E-state index in [1.54, 1.807) is 24.3 Å². The molecular formula is C29H31ClN6O3S. The average molecular weight is 579 g/mol. The van der Waals surface area contributed by atoms with Crippen LogP contribution in [0.3, 0.4) is 0 Å². The second-order valence-corrected chi connectivity index (χ2v) is 9.95. The monoisotopic (exact) mass is 578 g/mol. The molecule has 1 heterocycles. The molecule has 0 spiro atoms. The van der Waals surface area contributed by atoms with Gasteiger partial charge >= 0.3 is 0 Å². The van der Waals surface area contributed by atoms with E-state index in [1.165, 1.54) is 18.0 Å². The predicted molar refractivity (Wildman–Crippen MR) is 161 cm³/mol. The Labute approximate surface area is 242 Å². The molecule has 0 aliphatic rings. The van der Waals surface area contributed by atoms with Crippen LogP contribution in [-0.4, -0.2) is 57.4 Å². The normalized spacial score (nSPS) is 11.1. The van der Waals surface area contributed by atoms with Crippen LogP contribution in [0.25, 0.3) is 17.1 Å². The maximum absolute atomic E-state index is 12.6. The van der Waals surface area contributed by atoms with E-state index in [-0.39, 0.29) is 17.4 Å². The van der Waals surface area contributed by atoms with Gasteiger partial charge in [0, 0.05) is 46.7 Å². The number of ether oxygens (including phenoxy) is 1. The van der Waals surface area contributed by atoms with Crippen molar-refractivity contribution in [1.29, 1.82) is 0 Å². The maximum Gasteiger partial charge on any atom is 0.250 e. The van der Waals surface area contributed by atoms with Gasteiger partial charge < -0.3 is 14.7 Å². The molecule has 1 aromatic heterocycles. The Hall–Kier alpha value is -4.02. The highest BCUT2D eigenvalue weighted by molar-refractivity contribution is 7.99. The number of hydrogen-bond donors (Lipinski definition) is 2. The standard InChI is InChI=1S/C29H31ClN6O3S/c1-4-35(5-2)24-12-9-21(26(37)17-24)18-31-32-27(38)19-40-29-34-33-28(20-7-10-22(30)11-8-20)36(29)23-13-15-25(16-14-23)39-6-3/h7-18,37H,4-6,19H2,1-3H3,(H,32,38)/b31-18+. The number of carbonyl (C=O) groups is 1. The molecule has 9 nitrogen and oxygen atoms in total. The van der Waals surface area contributed by atoms with Crippen molar-refractivity contribution >= 4 is 41.2 Å². The fourth-order valence-corrected chi connectivity index (χ4v) is 4.87. The van der Waals surface area contributed by atoms with Crippen molar-refractivity contribution in [3.8, 4) is 28.6 Å². The molecule has 0 fully saturated rings. The van der Waals surface area contributed by atoms with Crippen molar-refractivity contribution in [3.05, 3.63) is 77.3 Å². The molecule has 0 bridgehead atoms. The zero-order valence-corrected chi connectivity index (χ0v) is 24.1. The first-order valence-corrected chi connectivity index (χ1v) is 14.3. The number of nitrogens with one attached hydrogen (secondary N) is 1. The molecule has 0 saturated carbocycles.